The fraction of sp³-hybridized carbons (Fsp3) is 0.133. The first-order chi connectivity index (χ1) is 18.7. The number of hydrogen-bond donors (Lipinski definition) is 3. The molecule has 3 N–H and O–H groups in total. The second-order valence-electron chi connectivity index (χ2n) is 9.46. The van der Waals surface area contributed by atoms with E-state index in [0.717, 1.165) is 11.1 Å². The highest BCUT2D eigenvalue weighted by Gasteiger charge is 2.23. The maximum Gasteiger partial charge on any atom is 0.337 e. The Kier molecular flexibility index (Phi) is 5.66. The van der Waals surface area contributed by atoms with E-state index < -0.39 is 18.0 Å². The zero-order valence-corrected chi connectivity index (χ0v) is 21.0. The van der Waals surface area contributed by atoms with Crippen molar-refractivity contribution in [2.75, 3.05) is 0 Å². The Morgan fingerprint density at radius 2 is 1.05 bits per heavy atom. The second kappa shape index (κ2) is 9.07. The Hall–Kier alpha value is -5.02. The number of para-hydroxylation sites is 3. The third-order valence-electron chi connectivity index (χ3n) is 7.05. The number of fused-ring (bicyclic) bond motifs is 4. The van der Waals surface area contributed by atoms with Crippen LogP contribution in [0.15, 0.2) is 66.7 Å². The number of carbonyl (C=O) groups is 2. The van der Waals surface area contributed by atoms with Crippen molar-refractivity contribution in [3.8, 4) is 0 Å². The number of nitrogens with zero attached hydrogens (tertiary/aromatic N) is 4. The van der Waals surface area contributed by atoms with Crippen molar-refractivity contribution in [2.45, 2.75) is 25.9 Å². The van der Waals surface area contributed by atoms with Crippen molar-refractivity contribution in [1.82, 2.24) is 19.9 Å². The maximum atomic E-state index is 12.1. The summed E-state index contributed by atoms with van der Waals surface area (Å²) in [5.74, 6) is -2.50. The van der Waals surface area contributed by atoms with Crippen LogP contribution in [0.25, 0.3) is 44.1 Å². The summed E-state index contributed by atoms with van der Waals surface area (Å²) in [4.78, 5) is 42.8. The van der Waals surface area contributed by atoms with Gasteiger partial charge < -0.3 is 15.3 Å². The molecule has 2 aromatic heterocycles. The largest absolute Gasteiger partial charge is 0.478 e. The van der Waals surface area contributed by atoms with E-state index in [1.165, 1.54) is 12.1 Å². The molecule has 192 valence electrons. The van der Waals surface area contributed by atoms with Crippen LogP contribution in [-0.4, -0.2) is 47.2 Å². The van der Waals surface area contributed by atoms with E-state index in [-0.39, 0.29) is 22.6 Å². The minimum atomic E-state index is -1.11. The van der Waals surface area contributed by atoms with Crippen molar-refractivity contribution >= 4 is 56.1 Å². The first-order valence-corrected chi connectivity index (χ1v) is 12.3. The summed E-state index contributed by atoms with van der Waals surface area (Å²) < 4.78 is 0. The molecule has 0 aliphatic carbocycles. The number of rotatable bonds is 5. The molecule has 2 atom stereocenters. The van der Waals surface area contributed by atoms with Gasteiger partial charge in [0.05, 0.1) is 50.3 Å². The van der Waals surface area contributed by atoms with Crippen LogP contribution >= 0.6 is 0 Å². The summed E-state index contributed by atoms with van der Waals surface area (Å²) >= 11 is 0. The predicted molar refractivity (Wildman–Crippen MR) is 146 cm³/mol. The van der Waals surface area contributed by atoms with Gasteiger partial charge in [0.15, 0.2) is 0 Å². The highest BCUT2D eigenvalue weighted by atomic mass is 16.4. The number of carboxylic acid groups (broad SMARTS) is 2. The molecular weight excluding hydrogens is 496 g/mol. The van der Waals surface area contributed by atoms with Crippen molar-refractivity contribution in [1.29, 1.82) is 0 Å². The zero-order valence-electron chi connectivity index (χ0n) is 21.0. The Morgan fingerprint density at radius 1 is 0.564 bits per heavy atom. The van der Waals surface area contributed by atoms with Gasteiger partial charge in [0.1, 0.15) is 11.0 Å². The average Bonchev–Trinajstić information content (AvgIpc) is 2.92. The lowest BCUT2D eigenvalue weighted by molar-refractivity contribution is 0.0688. The van der Waals surface area contributed by atoms with E-state index in [0.29, 0.717) is 44.2 Å². The van der Waals surface area contributed by atoms with Crippen LogP contribution in [0.2, 0.25) is 0 Å². The summed E-state index contributed by atoms with van der Waals surface area (Å²) in [6.07, 6.45) is -0.790. The predicted octanol–water partition coefficient (Wildman–Crippen LogP) is 5.48. The average molecular weight is 519 g/mol. The molecule has 0 bridgehead atoms. The van der Waals surface area contributed by atoms with Crippen LogP contribution in [0.1, 0.15) is 63.3 Å². The van der Waals surface area contributed by atoms with Crippen molar-refractivity contribution in [2.24, 2.45) is 0 Å². The molecule has 0 unspecified atom stereocenters. The molecule has 0 saturated carbocycles. The molecule has 0 aliphatic rings. The molecule has 0 aliphatic heterocycles. The summed E-state index contributed by atoms with van der Waals surface area (Å²) in [6, 6.07) is 18.9. The molecule has 0 fully saturated rings. The Bertz CT molecular complexity index is 1990. The molecule has 0 amide bonds. The molecule has 0 saturated heterocycles. The van der Waals surface area contributed by atoms with Crippen LogP contribution in [0, 0.1) is 0 Å². The minimum Gasteiger partial charge on any atom is -0.478 e. The highest BCUT2D eigenvalue weighted by Crippen LogP contribution is 2.35. The van der Waals surface area contributed by atoms with E-state index >= 15 is 0 Å². The number of carboxylic acids is 2. The lowest BCUT2D eigenvalue weighted by Crippen LogP contribution is -2.07. The van der Waals surface area contributed by atoms with Crippen LogP contribution in [-0.2, 0) is 0 Å². The number of benzene rings is 4. The van der Waals surface area contributed by atoms with E-state index in [2.05, 4.69) is 9.97 Å². The first kappa shape index (κ1) is 24.3. The molecule has 9 nitrogen and oxygen atoms in total. The normalized spacial score (nSPS) is 13.2. The number of aromatic carboxylic acids is 2. The van der Waals surface area contributed by atoms with E-state index in [9.17, 15) is 24.9 Å². The topological polar surface area (TPSA) is 146 Å². The fourth-order valence-corrected chi connectivity index (χ4v) is 5.11. The molecule has 2 heterocycles. The summed E-state index contributed by atoms with van der Waals surface area (Å²) in [7, 11) is 0. The van der Waals surface area contributed by atoms with Gasteiger partial charge in [-0.2, -0.15) is 0 Å². The molecule has 39 heavy (non-hydrogen) atoms. The van der Waals surface area contributed by atoms with E-state index in [1.807, 2.05) is 19.1 Å². The molecular formula is C30H22N4O5. The fourth-order valence-electron chi connectivity index (χ4n) is 5.11. The van der Waals surface area contributed by atoms with Gasteiger partial charge in [-0.05, 0) is 48.4 Å². The maximum absolute atomic E-state index is 12.1. The Balaban J connectivity index is 1.63. The van der Waals surface area contributed by atoms with Crippen LogP contribution < -0.4 is 0 Å². The minimum absolute atomic E-state index is 0.0303. The molecule has 0 radical (unpaired) electrons. The van der Waals surface area contributed by atoms with E-state index in [1.54, 1.807) is 49.4 Å². The van der Waals surface area contributed by atoms with Crippen molar-refractivity contribution in [3.63, 3.8) is 0 Å². The van der Waals surface area contributed by atoms with Gasteiger partial charge in [0.2, 0.25) is 0 Å². The molecule has 9 heteroatoms. The zero-order chi connectivity index (χ0) is 27.4. The molecule has 0 spiro atoms. The second-order valence-corrected chi connectivity index (χ2v) is 9.46. The molecule has 4 aromatic carbocycles. The Morgan fingerprint density at radius 3 is 1.69 bits per heavy atom. The van der Waals surface area contributed by atoms with Crippen LogP contribution in [0.4, 0.5) is 0 Å². The Labute approximate surface area is 221 Å². The summed E-state index contributed by atoms with van der Waals surface area (Å²) in [5.41, 5.74) is 5.83. The quantitative estimate of drug-likeness (QED) is 0.252. The highest BCUT2D eigenvalue weighted by molar-refractivity contribution is 6.05. The standard InChI is InChI=1S/C30H22N4O5/c1-14(16-6-3-9-21-24(16)31-23-11-5-8-19(29(36)37)26(23)32-21)17-12-13-20(30(38)39)28-27(17)34-25-18(15(2)35)7-4-10-22(25)33-28/h3-15,35H,1-2H3,(H,36,37)(H,38,39)/t14-,15-/m1/s1. The van der Waals surface area contributed by atoms with Gasteiger partial charge in [-0.15, -0.1) is 0 Å². The summed E-state index contributed by atoms with van der Waals surface area (Å²) in [5, 5.41) is 29.8. The smallest absolute Gasteiger partial charge is 0.337 e. The van der Waals surface area contributed by atoms with Crippen molar-refractivity contribution in [3.05, 3.63) is 94.5 Å². The van der Waals surface area contributed by atoms with Gasteiger partial charge in [-0.25, -0.2) is 29.5 Å². The number of aliphatic hydroxyl groups excluding tert-OH is 1. The number of aliphatic hydroxyl groups is 1. The number of aromatic nitrogens is 4. The van der Waals surface area contributed by atoms with Crippen molar-refractivity contribution < 1.29 is 24.9 Å². The summed E-state index contributed by atoms with van der Waals surface area (Å²) in [6.45, 7) is 3.61. The van der Waals surface area contributed by atoms with Crippen LogP contribution in [0.3, 0.4) is 0 Å². The lowest BCUT2D eigenvalue weighted by Gasteiger charge is -2.18. The SMILES string of the molecule is C[C@H](c1cccc2nc3c(C(=O)O)cccc3nc12)c1ccc(C(=O)O)c2nc3cccc([C@@H](C)O)c3nc12. The lowest BCUT2D eigenvalue weighted by atomic mass is 9.89. The molecule has 6 aromatic rings. The molecule has 6 rings (SSSR count). The van der Waals surface area contributed by atoms with Gasteiger partial charge >= 0.3 is 11.9 Å². The van der Waals surface area contributed by atoms with Gasteiger partial charge in [-0.1, -0.05) is 43.3 Å². The van der Waals surface area contributed by atoms with Crippen LogP contribution in [0.5, 0.6) is 0 Å². The third kappa shape index (κ3) is 3.91. The monoisotopic (exact) mass is 518 g/mol. The number of hydrogen-bond acceptors (Lipinski definition) is 7. The third-order valence-corrected chi connectivity index (χ3v) is 7.05. The van der Waals surface area contributed by atoms with Gasteiger partial charge in [-0.3, -0.25) is 0 Å². The van der Waals surface area contributed by atoms with Gasteiger partial charge in [0.25, 0.3) is 0 Å². The van der Waals surface area contributed by atoms with E-state index in [4.69, 9.17) is 9.97 Å². The first-order valence-electron chi connectivity index (χ1n) is 12.3. The van der Waals surface area contributed by atoms with Gasteiger partial charge in [0, 0.05) is 11.5 Å².